The van der Waals surface area contributed by atoms with Gasteiger partial charge in [-0.1, -0.05) is 24.3 Å². The Balaban J connectivity index is 1.59. The number of carbonyl (C=O) groups is 2. The summed E-state index contributed by atoms with van der Waals surface area (Å²) in [4.78, 5) is 26.4. The van der Waals surface area contributed by atoms with Crippen LogP contribution in [0.2, 0.25) is 0 Å². The Morgan fingerprint density at radius 2 is 1.84 bits per heavy atom. The highest BCUT2D eigenvalue weighted by atomic mass is 16.2. The van der Waals surface area contributed by atoms with E-state index in [9.17, 15) is 9.59 Å². The Morgan fingerprint density at radius 3 is 2.52 bits per heavy atom. The van der Waals surface area contributed by atoms with Crippen LogP contribution in [0, 0.1) is 0 Å². The van der Waals surface area contributed by atoms with Crippen molar-refractivity contribution in [2.45, 2.75) is 52.0 Å². The molecule has 0 spiro atoms. The predicted octanol–water partition coefficient (Wildman–Crippen LogP) is 4.28. The Labute approximate surface area is 183 Å². The number of aromatic nitrogens is 2. The highest BCUT2D eigenvalue weighted by Gasteiger charge is 2.23. The van der Waals surface area contributed by atoms with Crippen molar-refractivity contribution >= 4 is 22.7 Å². The first-order chi connectivity index (χ1) is 14.7. The zero-order valence-corrected chi connectivity index (χ0v) is 18.7. The van der Waals surface area contributed by atoms with Crippen LogP contribution in [-0.4, -0.2) is 45.1 Å². The van der Waals surface area contributed by atoms with Gasteiger partial charge in [0.2, 0.25) is 5.91 Å². The van der Waals surface area contributed by atoms with Crippen molar-refractivity contribution < 1.29 is 9.59 Å². The van der Waals surface area contributed by atoms with Gasteiger partial charge in [0.05, 0.1) is 11.3 Å². The minimum atomic E-state index is -0.311. The molecule has 0 radical (unpaired) electrons. The number of hydrogen-bond donors (Lipinski definition) is 1. The quantitative estimate of drug-likeness (QED) is 0.690. The fraction of sp³-hybridized carbons (Fsp3) is 0.400. The van der Waals surface area contributed by atoms with Crippen LogP contribution in [-0.2, 0) is 4.79 Å². The maximum absolute atomic E-state index is 12.7. The number of amides is 2. The summed E-state index contributed by atoms with van der Waals surface area (Å²) in [5.41, 5.74) is 3.15. The van der Waals surface area contributed by atoms with Crippen LogP contribution in [0.15, 0.2) is 48.7 Å². The van der Waals surface area contributed by atoms with Gasteiger partial charge >= 0.3 is 0 Å². The standard InChI is InChI=1S/C25H30N4O2/c1-17(30)28-14-6-8-19(15-28)18-10-12-21(13-11-18)29-16-20-7-5-9-22(23(20)27-29)24(31)26-25(2,3)4/h5,7,9-13,16,19H,6,8,14-15H2,1-4H3,(H,26,31)/t19-/m1/s1. The first kappa shape index (κ1) is 21.1. The fourth-order valence-electron chi connectivity index (χ4n) is 4.20. The smallest absolute Gasteiger partial charge is 0.253 e. The van der Waals surface area contributed by atoms with Gasteiger partial charge in [0, 0.05) is 43.1 Å². The molecule has 2 heterocycles. The summed E-state index contributed by atoms with van der Waals surface area (Å²) >= 11 is 0. The molecule has 0 unspecified atom stereocenters. The summed E-state index contributed by atoms with van der Waals surface area (Å²) in [5, 5.41) is 8.66. The predicted molar refractivity (Wildman–Crippen MR) is 123 cm³/mol. The number of likely N-dealkylation sites (tertiary alicyclic amines) is 1. The van der Waals surface area contributed by atoms with E-state index < -0.39 is 0 Å². The van der Waals surface area contributed by atoms with Crippen molar-refractivity contribution in [3.63, 3.8) is 0 Å². The van der Waals surface area contributed by atoms with E-state index in [0.717, 1.165) is 37.0 Å². The number of fused-ring (bicyclic) bond motifs is 1. The average molecular weight is 419 g/mol. The van der Waals surface area contributed by atoms with E-state index in [2.05, 4.69) is 29.6 Å². The number of benzene rings is 2. The lowest BCUT2D eigenvalue weighted by Gasteiger charge is -2.32. The molecular formula is C25H30N4O2. The number of hydrogen-bond acceptors (Lipinski definition) is 3. The molecule has 1 atom stereocenters. The fourth-order valence-corrected chi connectivity index (χ4v) is 4.20. The van der Waals surface area contributed by atoms with Gasteiger partial charge in [0.25, 0.3) is 5.91 Å². The van der Waals surface area contributed by atoms with E-state index in [1.807, 2.05) is 54.7 Å². The highest BCUT2D eigenvalue weighted by Crippen LogP contribution is 2.28. The van der Waals surface area contributed by atoms with Crippen LogP contribution in [0.1, 0.15) is 62.4 Å². The van der Waals surface area contributed by atoms with E-state index in [1.54, 1.807) is 6.92 Å². The van der Waals surface area contributed by atoms with Crippen molar-refractivity contribution in [1.82, 2.24) is 20.0 Å². The lowest BCUT2D eigenvalue weighted by Crippen LogP contribution is -2.40. The van der Waals surface area contributed by atoms with Crippen LogP contribution in [0.3, 0.4) is 0 Å². The zero-order valence-electron chi connectivity index (χ0n) is 18.7. The third-order valence-electron chi connectivity index (χ3n) is 5.77. The van der Waals surface area contributed by atoms with Gasteiger partial charge in [-0.25, -0.2) is 4.68 Å². The van der Waals surface area contributed by atoms with Crippen molar-refractivity contribution in [1.29, 1.82) is 0 Å². The Bertz CT molecular complexity index is 1110. The second-order valence-electron chi connectivity index (χ2n) is 9.42. The monoisotopic (exact) mass is 418 g/mol. The maximum atomic E-state index is 12.7. The van der Waals surface area contributed by atoms with Gasteiger partial charge in [-0.15, -0.1) is 0 Å². The highest BCUT2D eigenvalue weighted by molar-refractivity contribution is 6.05. The molecule has 0 aliphatic carbocycles. The molecule has 3 aromatic rings. The maximum Gasteiger partial charge on any atom is 0.253 e. The molecule has 0 saturated carbocycles. The van der Waals surface area contributed by atoms with Crippen LogP contribution >= 0.6 is 0 Å². The molecule has 6 nitrogen and oxygen atoms in total. The molecule has 1 aromatic heterocycles. The molecule has 31 heavy (non-hydrogen) atoms. The Morgan fingerprint density at radius 1 is 1.10 bits per heavy atom. The summed E-state index contributed by atoms with van der Waals surface area (Å²) in [6, 6.07) is 14.0. The van der Waals surface area contributed by atoms with Crippen LogP contribution < -0.4 is 5.32 Å². The minimum absolute atomic E-state index is 0.119. The first-order valence-electron chi connectivity index (χ1n) is 10.9. The van der Waals surface area contributed by atoms with Crippen molar-refractivity contribution in [3.8, 4) is 5.69 Å². The van der Waals surface area contributed by atoms with E-state index in [1.165, 1.54) is 5.56 Å². The second kappa shape index (κ2) is 8.17. The van der Waals surface area contributed by atoms with Crippen LogP contribution in [0.5, 0.6) is 0 Å². The van der Waals surface area contributed by atoms with Gasteiger partial charge in [0.1, 0.15) is 5.52 Å². The molecule has 2 amide bonds. The molecule has 1 N–H and O–H groups in total. The lowest BCUT2D eigenvalue weighted by molar-refractivity contribution is -0.130. The summed E-state index contributed by atoms with van der Waals surface area (Å²) in [7, 11) is 0. The molecule has 0 bridgehead atoms. The van der Waals surface area contributed by atoms with E-state index in [4.69, 9.17) is 5.10 Å². The van der Waals surface area contributed by atoms with Crippen LogP contribution in [0.4, 0.5) is 0 Å². The average Bonchev–Trinajstić information content (AvgIpc) is 3.17. The lowest BCUT2D eigenvalue weighted by atomic mass is 9.90. The van der Waals surface area contributed by atoms with Gasteiger partial charge in [0.15, 0.2) is 0 Å². The van der Waals surface area contributed by atoms with Crippen molar-refractivity contribution in [2.75, 3.05) is 13.1 Å². The summed E-state index contributed by atoms with van der Waals surface area (Å²) < 4.78 is 1.82. The van der Waals surface area contributed by atoms with Crippen molar-refractivity contribution in [2.24, 2.45) is 0 Å². The molecule has 4 rings (SSSR count). The normalized spacial score (nSPS) is 17.0. The third-order valence-corrected chi connectivity index (χ3v) is 5.77. The van der Waals surface area contributed by atoms with Gasteiger partial charge in [-0.3, -0.25) is 9.59 Å². The summed E-state index contributed by atoms with van der Waals surface area (Å²) in [6.07, 6.45) is 4.09. The SMILES string of the molecule is CC(=O)N1CCC[C@@H](c2ccc(-n3cc4cccc(C(=O)NC(C)(C)C)c4n3)cc2)C1. The molecule has 1 aliphatic heterocycles. The van der Waals surface area contributed by atoms with Gasteiger partial charge in [-0.05, 0) is 57.4 Å². The van der Waals surface area contributed by atoms with E-state index in [-0.39, 0.29) is 17.4 Å². The van der Waals surface area contributed by atoms with Gasteiger partial charge in [-0.2, -0.15) is 5.10 Å². The number of piperidine rings is 1. The molecule has 2 aromatic carbocycles. The molecule has 1 fully saturated rings. The molecule has 6 heteroatoms. The first-order valence-corrected chi connectivity index (χ1v) is 10.9. The molecular weight excluding hydrogens is 388 g/mol. The summed E-state index contributed by atoms with van der Waals surface area (Å²) in [5.74, 6) is 0.401. The Hall–Kier alpha value is -3.15. The molecule has 1 aliphatic rings. The summed E-state index contributed by atoms with van der Waals surface area (Å²) in [6.45, 7) is 9.18. The number of nitrogens with one attached hydrogen (secondary N) is 1. The molecule has 162 valence electrons. The molecule has 1 saturated heterocycles. The second-order valence-corrected chi connectivity index (χ2v) is 9.42. The third kappa shape index (κ3) is 4.63. The number of carbonyl (C=O) groups excluding carboxylic acids is 2. The van der Waals surface area contributed by atoms with Gasteiger partial charge < -0.3 is 10.2 Å². The largest absolute Gasteiger partial charge is 0.347 e. The number of nitrogens with zero attached hydrogens (tertiary/aromatic N) is 3. The minimum Gasteiger partial charge on any atom is -0.347 e. The Kier molecular flexibility index (Phi) is 5.56. The topological polar surface area (TPSA) is 67.2 Å². The van der Waals surface area contributed by atoms with Crippen molar-refractivity contribution in [3.05, 3.63) is 59.8 Å². The number of rotatable bonds is 3. The van der Waals surface area contributed by atoms with Crippen LogP contribution in [0.25, 0.3) is 16.6 Å². The van der Waals surface area contributed by atoms with E-state index in [0.29, 0.717) is 17.0 Å². The zero-order chi connectivity index (χ0) is 22.2. The van der Waals surface area contributed by atoms with E-state index >= 15 is 0 Å².